The number of amidine groups is 3. The molecule has 29 heavy (non-hydrogen) atoms. The van der Waals surface area contributed by atoms with Gasteiger partial charge in [0.2, 0.25) is 5.17 Å². The minimum absolute atomic E-state index is 0.0395. The molecule has 2 aliphatic rings. The molecule has 1 N–H and O–H groups in total. The van der Waals surface area contributed by atoms with Crippen LogP contribution in [0, 0.1) is 5.41 Å². The number of fused-ring (bicyclic) bond motifs is 1. The molecule has 7 nitrogen and oxygen atoms in total. The second-order valence-electron chi connectivity index (χ2n) is 5.94. The van der Waals surface area contributed by atoms with Crippen LogP contribution < -0.4 is 4.74 Å². The van der Waals surface area contributed by atoms with E-state index in [4.69, 9.17) is 10.1 Å². The molecule has 2 aliphatic heterocycles. The van der Waals surface area contributed by atoms with Gasteiger partial charge in [-0.2, -0.15) is 9.39 Å². The highest BCUT2D eigenvalue weighted by Crippen LogP contribution is 2.31. The number of nitrogens with zero attached hydrogens (tertiary/aromatic N) is 3. The summed E-state index contributed by atoms with van der Waals surface area (Å²) in [5.41, 5.74) is 1.32. The van der Waals surface area contributed by atoms with Crippen LogP contribution in [0.5, 0.6) is 5.75 Å². The molecule has 9 heteroatoms. The van der Waals surface area contributed by atoms with Crippen molar-refractivity contribution in [1.82, 2.24) is 4.90 Å². The van der Waals surface area contributed by atoms with E-state index in [-0.39, 0.29) is 11.4 Å². The number of carbonyl (C=O) groups is 2. The van der Waals surface area contributed by atoms with E-state index < -0.39 is 11.9 Å². The largest absolute Gasteiger partial charge is 0.423 e. The predicted molar refractivity (Wildman–Crippen MR) is 116 cm³/mol. The minimum atomic E-state index is -0.481. The van der Waals surface area contributed by atoms with Gasteiger partial charge in [0, 0.05) is 0 Å². The molecule has 0 aromatic heterocycles. The van der Waals surface area contributed by atoms with E-state index in [1.165, 1.54) is 11.8 Å². The van der Waals surface area contributed by atoms with Crippen molar-refractivity contribution < 1.29 is 14.3 Å². The predicted octanol–water partition coefficient (Wildman–Crippen LogP) is 3.85. The second kappa shape index (κ2) is 8.06. The highest BCUT2D eigenvalue weighted by molar-refractivity contribution is 8.18. The molecule has 0 saturated heterocycles. The van der Waals surface area contributed by atoms with Gasteiger partial charge in [-0.15, -0.1) is 0 Å². The Morgan fingerprint density at radius 1 is 1.17 bits per heavy atom. The van der Waals surface area contributed by atoms with Crippen molar-refractivity contribution in [2.24, 2.45) is 9.39 Å². The molecule has 1 amide bonds. The maximum absolute atomic E-state index is 12.4. The lowest BCUT2D eigenvalue weighted by Gasteiger charge is -2.23. The lowest BCUT2D eigenvalue weighted by atomic mass is 10.1. The first kappa shape index (κ1) is 19.2. The fraction of sp³-hybridized carbons (Fsp3) is 0.0500. The number of thioether (sulfide) groups is 1. The summed E-state index contributed by atoms with van der Waals surface area (Å²) >= 11 is 2.47. The molecule has 2 aromatic carbocycles. The van der Waals surface area contributed by atoms with E-state index in [9.17, 15) is 9.59 Å². The van der Waals surface area contributed by atoms with Crippen molar-refractivity contribution in [2.45, 2.75) is 0 Å². The summed E-state index contributed by atoms with van der Waals surface area (Å²) in [6.45, 7) is 0. The highest BCUT2D eigenvalue weighted by Gasteiger charge is 2.36. The highest BCUT2D eigenvalue weighted by atomic mass is 32.2. The fourth-order valence-corrected chi connectivity index (χ4v) is 4.12. The SMILES string of the molecule is CSC1=NSC2=NC(=O)/C(=C\c3ccc(OC(=O)c4ccccc4)cc3)C(=N)N12. The lowest BCUT2D eigenvalue weighted by Crippen LogP contribution is -2.41. The summed E-state index contributed by atoms with van der Waals surface area (Å²) in [5.74, 6) is -0.499. The maximum Gasteiger partial charge on any atom is 0.343 e. The molecule has 0 atom stereocenters. The molecule has 0 aliphatic carbocycles. The molecule has 0 fully saturated rings. The third-order valence-electron chi connectivity index (χ3n) is 4.09. The van der Waals surface area contributed by atoms with Crippen LogP contribution in [0.15, 0.2) is 69.6 Å². The van der Waals surface area contributed by atoms with Gasteiger partial charge in [-0.1, -0.05) is 42.1 Å². The number of amides is 1. The van der Waals surface area contributed by atoms with Crippen LogP contribution in [-0.4, -0.2) is 39.2 Å². The molecule has 2 aromatic rings. The Morgan fingerprint density at radius 3 is 2.59 bits per heavy atom. The number of hydrogen-bond acceptors (Lipinski definition) is 7. The van der Waals surface area contributed by atoms with Crippen LogP contribution >= 0.6 is 23.7 Å². The fourth-order valence-electron chi connectivity index (χ4n) is 2.67. The van der Waals surface area contributed by atoms with Gasteiger partial charge in [0.1, 0.15) is 11.6 Å². The molecule has 0 spiro atoms. The zero-order chi connectivity index (χ0) is 20.4. The number of carbonyl (C=O) groups excluding carboxylic acids is 2. The van der Waals surface area contributed by atoms with Gasteiger partial charge < -0.3 is 4.74 Å². The van der Waals surface area contributed by atoms with E-state index in [2.05, 4.69) is 9.39 Å². The van der Waals surface area contributed by atoms with E-state index in [1.54, 1.807) is 59.5 Å². The molecule has 4 rings (SSSR count). The Bertz CT molecular complexity index is 1090. The number of nitrogens with one attached hydrogen (secondary N) is 1. The summed E-state index contributed by atoms with van der Waals surface area (Å²) in [6.07, 6.45) is 3.44. The van der Waals surface area contributed by atoms with E-state index in [1.807, 2.05) is 12.3 Å². The molecule has 0 saturated carbocycles. The van der Waals surface area contributed by atoms with E-state index in [0.29, 0.717) is 27.2 Å². The first-order valence-electron chi connectivity index (χ1n) is 8.47. The number of aliphatic imine (C=N–C) groups is 1. The monoisotopic (exact) mass is 422 g/mol. The summed E-state index contributed by atoms with van der Waals surface area (Å²) in [6, 6.07) is 15.4. The Hall–Kier alpha value is -3.17. The second-order valence-corrected chi connectivity index (χ2v) is 7.44. The van der Waals surface area contributed by atoms with Crippen molar-refractivity contribution in [2.75, 3.05) is 6.26 Å². The Kier molecular flexibility index (Phi) is 5.32. The van der Waals surface area contributed by atoms with Gasteiger partial charge in [-0.3, -0.25) is 10.2 Å². The summed E-state index contributed by atoms with van der Waals surface area (Å²) in [4.78, 5) is 30.1. The molecule has 0 bridgehead atoms. The van der Waals surface area contributed by atoms with Gasteiger partial charge in [-0.05, 0) is 42.2 Å². The quantitative estimate of drug-likeness (QED) is 0.349. The standard InChI is InChI=1S/C20H14N4O3S2/c1-28-20-23-29-19-22-17(25)15(16(21)24(19)20)11-12-7-9-14(10-8-12)27-18(26)13-5-3-2-4-6-13/h2-11,21H,1H3/b15-11-,21-16?. The summed E-state index contributed by atoms with van der Waals surface area (Å²) < 4.78 is 9.56. The van der Waals surface area contributed by atoms with Crippen LogP contribution in [-0.2, 0) is 4.79 Å². The Morgan fingerprint density at radius 2 is 1.90 bits per heavy atom. The topological polar surface area (TPSA) is 95.2 Å². The third-order valence-corrected chi connectivity index (χ3v) is 5.54. The zero-order valence-electron chi connectivity index (χ0n) is 15.2. The average Bonchev–Trinajstić information content (AvgIpc) is 3.16. The van der Waals surface area contributed by atoms with Crippen LogP contribution in [0.25, 0.3) is 6.08 Å². The number of ether oxygens (including phenoxy) is 1. The van der Waals surface area contributed by atoms with Gasteiger partial charge in [-0.25, -0.2) is 9.69 Å². The average molecular weight is 422 g/mol. The Labute approximate surface area is 175 Å². The summed E-state index contributed by atoms with van der Waals surface area (Å²) in [5, 5.41) is 9.40. The normalized spacial score (nSPS) is 17.1. The number of hydrogen-bond donors (Lipinski definition) is 1. The molecular formula is C20H14N4O3S2. The smallest absolute Gasteiger partial charge is 0.343 e. The van der Waals surface area contributed by atoms with Crippen LogP contribution in [0.4, 0.5) is 0 Å². The van der Waals surface area contributed by atoms with Crippen LogP contribution in [0.2, 0.25) is 0 Å². The van der Waals surface area contributed by atoms with Crippen molar-refractivity contribution in [3.63, 3.8) is 0 Å². The third kappa shape index (κ3) is 3.87. The van der Waals surface area contributed by atoms with Gasteiger partial charge in [0.15, 0.2) is 5.17 Å². The van der Waals surface area contributed by atoms with Crippen LogP contribution in [0.3, 0.4) is 0 Å². The molecule has 0 unspecified atom stereocenters. The van der Waals surface area contributed by atoms with Crippen molar-refractivity contribution in [1.29, 1.82) is 5.41 Å². The Balaban J connectivity index is 1.53. The van der Waals surface area contributed by atoms with Crippen molar-refractivity contribution in [3.8, 4) is 5.75 Å². The van der Waals surface area contributed by atoms with Gasteiger partial charge in [0.25, 0.3) is 5.91 Å². The molecule has 2 heterocycles. The number of benzene rings is 2. The first-order valence-corrected chi connectivity index (χ1v) is 10.5. The van der Waals surface area contributed by atoms with Gasteiger partial charge >= 0.3 is 5.97 Å². The summed E-state index contributed by atoms with van der Waals surface area (Å²) in [7, 11) is 0. The van der Waals surface area contributed by atoms with Crippen LogP contribution in [0.1, 0.15) is 15.9 Å². The van der Waals surface area contributed by atoms with Gasteiger partial charge in [0.05, 0.1) is 23.1 Å². The molecule has 0 radical (unpaired) electrons. The lowest BCUT2D eigenvalue weighted by molar-refractivity contribution is -0.114. The molecular weight excluding hydrogens is 408 g/mol. The van der Waals surface area contributed by atoms with E-state index >= 15 is 0 Å². The van der Waals surface area contributed by atoms with Crippen molar-refractivity contribution >= 4 is 57.8 Å². The number of rotatable bonds is 3. The zero-order valence-corrected chi connectivity index (χ0v) is 16.8. The molecule has 144 valence electrons. The maximum atomic E-state index is 12.4. The van der Waals surface area contributed by atoms with E-state index in [0.717, 1.165) is 11.9 Å². The first-order chi connectivity index (χ1) is 14.1. The minimum Gasteiger partial charge on any atom is -0.423 e. The number of esters is 1. The van der Waals surface area contributed by atoms with Crippen molar-refractivity contribution in [3.05, 3.63) is 71.3 Å².